The summed E-state index contributed by atoms with van der Waals surface area (Å²) < 4.78 is 5.69. The first kappa shape index (κ1) is 16.6. The number of aryl methyl sites for hydroxylation is 1. The van der Waals surface area contributed by atoms with Gasteiger partial charge in [-0.05, 0) is 49.1 Å². The molecule has 0 aliphatic heterocycles. The van der Waals surface area contributed by atoms with E-state index in [1.54, 1.807) is 24.7 Å². The molecule has 0 unspecified atom stereocenters. The van der Waals surface area contributed by atoms with Crippen LogP contribution in [0.4, 0.5) is 0 Å². The molecule has 0 fully saturated rings. The Bertz CT molecular complexity index is 799. The van der Waals surface area contributed by atoms with Crippen LogP contribution in [0.2, 0.25) is 0 Å². The summed E-state index contributed by atoms with van der Waals surface area (Å²) in [5, 5.41) is 15.6. The van der Waals surface area contributed by atoms with E-state index < -0.39 is 5.97 Å². The molecular formula is C18H18N4O3. The van der Waals surface area contributed by atoms with Gasteiger partial charge in [-0.25, -0.2) is 9.78 Å². The smallest absolute Gasteiger partial charge is 0.354 e. The SMILES string of the molecule is O=C(O)c1ccc(CCCCOc2ccc(-c3ccn[nH]3)nc2)cn1. The number of aromatic nitrogens is 4. The Morgan fingerprint density at radius 2 is 2.00 bits per heavy atom. The van der Waals surface area contributed by atoms with Crippen molar-refractivity contribution in [3.63, 3.8) is 0 Å². The van der Waals surface area contributed by atoms with Gasteiger partial charge in [-0.1, -0.05) is 6.07 Å². The maximum absolute atomic E-state index is 10.7. The molecule has 0 aliphatic carbocycles. The van der Waals surface area contributed by atoms with E-state index in [0.29, 0.717) is 6.61 Å². The van der Waals surface area contributed by atoms with Crippen molar-refractivity contribution in [1.82, 2.24) is 20.2 Å². The third kappa shape index (κ3) is 4.63. The van der Waals surface area contributed by atoms with Crippen molar-refractivity contribution in [2.75, 3.05) is 6.61 Å². The fraction of sp³-hybridized carbons (Fsp3) is 0.222. The van der Waals surface area contributed by atoms with Crippen LogP contribution in [0.25, 0.3) is 11.4 Å². The van der Waals surface area contributed by atoms with Gasteiger partial charge < -0.3 is 9.84 Å². The molecule has 2 N–H and O–H groups in total. The summed E-state index contributed by atoms with van der Waals surface area (Å²) in [6.45, 7) is 0.603. The molecule has 0 saturated heterocycles. The van der Waals surface area contributed by atoms with Gasteiger partial charge in [0.2, 0.25) is 0 Å². The molecule has 0 aliphatic rings. The Morgan fingerprint density at radius 3 is 2.64 bits per heavy atom. The molecule has 0 atom stereocenters. The van der Waals surface area contributed by atoms with E-state index in [9.17, 15) is 4.79 Å². The molecule has 0 spiro atoms. The van der Waals surface area contributed by atoms with E-state index in [4.69, 9.17) is 9.84 Å². The zero-order chi connectivity index (χ0) is 17.5. The Balaban J connectivity index is 1.39. The predicted octanol–water partition coefficient (Wildman–Crippen LogP) is 2.97. The molecule has 128 valence electrons. The second-order valence-corrected chi connectivity index (χ2v) is 5.51. The summed E-state index contributed by atoms with van der Waals surface area (Å²) in [5.41, 5.74) is 2.78. The van der Waals surface area contributed by atoms with Gasteiger partial charge in [0.1, 0.15) is 11.4 Å². The van der Waals surface area contributed by atoms with Crippen LogP contribution in [0, 0.1) is 0 Å². The van der Waals surface area contributed by atoms with Crippen LogP contribution in [0.5, 0.6) is 5.75 Å². The maximum atomic E-state index is 10.7. The zero-order valence-corrected chi connectivity index (χ0v) is 13.6. The number of nitrogens with zero attached hydrogens (tertiary/aromatic N) is 3. The van der Waals surface area contributed by atoms with Crippen LogP contribution < -0.4 is 4.74 Å². The van der Waals surface area contributed by atoms with Gasteiger partial charge in [0.05, 0.1) is 24.2 Å². The summed E-state index contributed by atoms with van der Waals surface area (Å²) >= 11 is 0. The van der Waals surface area contributed by atoms with Gasteiger partial charge in [-0.15, -0.1) is 0 Å². The third-order valence-corrected chi connectivity index (χ3v) is 3.69. The largest absolute Gasteiger partial charge is 0.492 e. The molecule has 3 rings (SSSR count). The molecular weight excluding hydrogens is 320 g/mol. The average Bonchev–Trinajstić information content (AvgIpc) is 3.17. The summed E-state index contributed by atoms with van der Waals surface area (Å²) in [4.78, 5) is 19.0. The van der Waals surface area contributed by atoms with E-state index in [0.717, 1.165) is 42.0 Å². The highest BCUT2D eigenvalue weighted by Crippen LogP contribution is 2.17. The van der Waals surface area contributed by atoms with Gasteiger partial charge in [0.15, 0.2) is 0 Å². The van der Waals surface area contributed by atoms with Gasteiger partial charge in [0.25, 0.3) is 0 Å². The van der Waals surface area contributed by atoms with Crippen LogP contribution in [0.1, 0.15) is 28.9 Å². The molecule has 3 aromatic heterocycles. The van der Waals surface area contributed by atoms with Crippen molar-refractivity contribution in [2.24, 2.45) is 0 Å². The highest BCUT2D eigenvalue weighted by atomic mass is 16.5. The molecule has 3 aromatic rings. The Morgan fingerprint density at radius 1 is 1.08 bits per heavy atom. The molecule has 7 nitrogen and oxygen atoms in total. The van der Waals surface area contributed by atoms with Gasteiger partial charge in [-0.3, -0.25) is 10.1 Å². The topological polar surface area (TPSA) is 101 Å². The fourth-order valence-electron chi connectivity index (χ4n) is 2.34. The van der Waals surface area contributed by atoms with Gasteiger partial charge in [-0.2, -0.15) is 5.10 Å². The van der Waals surface area contributed by atoms with Crippen molar-refractivity contribution in [3.8, 4) is 17.1 Å². The summed E-state index contributed by atoms with van der Waals surface area (Å²) in [6.07, 6.45) is 7.67. The predicted molar refractivity (Wildman–Crippen MR) is 91.4 cm³/mol. The van der Waals surface area contributed by atoms with Gasteiger partial charge in [0, 0.05) is 12.4 Å². The first-order valence-corrected chi connectivity index (χ1v) is 7.99. The zero-order valence-electron chi connectivity index (χ0n) is 13.6. The van der Waals surface area contributed by atoms with E-state index in [2.05, 4.69) is 20.2 Å². The Labute approximate surface area is 144 Å². The number of ether oxygens (including phenoxy) is 1. The second kappa shape index (κ2) is 8.05. The minimum atomic E-state index is -1.01. The van der Waals surface area contributed by atoms with Crippen LogP contribution in [-0.4, -0.2) is 37.8 Å². The highest BCUT2D eigenvalue weighted by Gasteiger charge is 2.04. The quantitative estimate of drug-likeness (QED) is 0.612. The fourth-order valence-corrected chi connectivity index (χ4v) is 2.34. The minimum absolute atomic E-state index is 0.0677. The average molecular weight is 338 g/mol. The van der Waals surface area contributed by atoms with Crippen molar-refractivity contribution < 1.29 is 14.6 Å². The summed E-state index contributed by atoms with van der Waals surface area (Å²) in [5.74, 6) is -0.275. The third-order valence-electron chi connectivity index (χ3n) is 3.69. The van der Waals surface area contributed by atoms with Crippen LogP contribution in [0.15, 0.2) is 48.9 Å². The number of hydrogen-bond donors (Lipinski definition) is 2. The molecule has 0 saturated carbocycles. The van der Waals surface area contributed by atoms with Crippen molar-refractivity contribution >= 4 is 5.97 Å². The second-order valence-electron chi connectivity index (χ2n) is 5.51. The lowest BCUT2D eigenvalue weighted by Crippen LogP contribution is -2.01. The number of carbonyl (C=O) groups is 1. The number of nitrogens with one attached hydrogen (secondary N) is 1. The lowest BCUT2D eigenvalue weighted by atomic mass is 10.1. The van der Waals surface area contributed by atoms with E-state index >= 15 is 0 Å². The van der Waals surface area contributed by atoms with Crippen LogP contribution >= 0.6 is 0 Å². The Kier molecular flexibility index (Phi) is 5.36. The standard InChI is InChI=1S/C18H18N4O3/c23-18(24)17-6-4-13(11-19-17)3-1-2-10-25-14-5-7-15(20-12-14)16-8-9-21-22-16/h4-9,11-12H,1-3,10H2,(H,21,22)(H,23,24). The highest BCUT2D eigenvalue weighted by molar-refractivity contribution is 5.85. The summed E-state index contributed by atoms with van der Waals surface area (Å²) in [6, 6.07) is 8.97. The van der Waals surface area contributed by atoms with Crippen molar-refractivity contribution in [1.29, 1.82) is 0 Å². The number of carboxylic acids is 1. The lowest BCUT2D eigenvalue weighted by Gasteiger charge is -2.06. The lowest BCUT2D eigenvalue weighted by molar-refractivity contribution is 0.0690. The van der Waals surface area contributed by atoms with Crippen LogP contribution in [0.3, 0.4) is 0 Å². The van der Waals surface area contributed by atoms with E-state index in [-0.39, 0.29) is 5.69 Å². The molecule has 3 heterocycles. The molecule has 0 aromatic carbocycles. The van der Waals surface area contributed by atoms with Gasteiger partial charge >= 0.3 is 5.97 Å². The number of carboxylic acid groups (broad SMARTS) is 1. The maximum Gasteiger partial charge on any atom is 0.354 e. The van der Waals surface area contributed by atoms with Crippen molar-refractivity contribution in [2.45, 2.75) is 19.3 Å². The molecule has 0 radical (unpaired) electrons. The summed E-state index contributed by atoms with van der Waals surface area (Å²) in [7, 11) is 0. The Hall–Kier alpha value is -3.22. The molecule has 0 amide bonds. The first-order chi connectivity index (χ1) is 12.2. The number of pyridine rings is 2. The van der Waals surface area contributed by atoms with E-state index in [1.165, 1.54) is 6.07 Å². The number of rotatable bonds is 8. The van der Waals surface area contributed by atoms with Crippen molar-refractivity contribution in [3.05, 3.63) is 60.2 Å². The minimum Gasteiger partial charge on any atom is -0.492 e. The normalized spacial score (nSPS) is 10.6. The van der Waals surface area contributed by atoms with E-state index in [1.807, 2.05) is 18.2 Å². The van der Waals surface area contributed by atoms with Crippen LogP contribution in [-0.2, 0) is 6.42 Å². The number of aromatic carboxylic acids is 1. The number of aromatic amines is 1. The monoisotopic (exact) mass is 338 g/mol. The number of unbranched alkanes of at least 4 members (excludes halogenated alkanes) is 1. The number of hydrogen-bond acceptors (Lipinski definition) is 5. The molecule has 25 heavy (non-hydrogen) atoms. The first-order valence-electron chi connectivity index (χ1n) is 7.99. The molecule has 7 heteroatoms. The number of H-pyrrole nitrogens is 1. The molecule has 0 bridgehead atoms.